The fourth-order valence-electron chi connectivity index (χ4n) is 3.16. The minimum Gasteiger partial charge on any atom is -0.481 e. The third kappa shape index (κ3) is 3.25. The fourth-order valence-corrected chi connectivity index (χ4v) is 3.16. The molecule has 0 aliphatic carbocycles. The molecule has 1 amide bonds. The van der Waals surface area contributed by atoms with Gasteiger partial charge in [-0.2, -0.15) is 0 Å². The first-order chi connectivity index (χ1) is 12.4. The normalized spacial score (nSPS) is 16.7. The highest BCUT2D eigenvalue weighted by atomic mass is 16.6. The van der Waals surface area contributed by atoms with Crippen LogP contribution in [0.15, 0.2) is 24.3 Å². The number of hydrogen-bond acceptors (Lipinski definition) is 6. The molecule has 10 heteroatoms. The number of rotatable bonds is 5. The summed E-state index contributed by atoms with van der Waals surface area (Å²) < 4.78 is 1.36. The van der Waals surface area contributed by atoms with Crippen LogP contribution in [0.3, 0.4) is 0 Å². The maximum absolute atomic E-state index is 12.8. The predicted molar refractivity (Wildman–Crippen MR) is 89.1 cm³/mol. The van der Waals surface area contributed by atoms with E-state index >= 15 is 0 Å². The summed E-state index contributed by atoms with van der Waals surface area (Å²) in [4.78, 5) is 35.7. The number of amides is 1. The van der Waals surface area contributed by atoms with Crippen LogP contribution >= 0.6 is 0 Å². The molecule has 1 aliphatic heterocycles. The molecular formula is C16H17N5O5. The maximum atomic E-state index is 12.8. The first kappa shape index (κ1) is 17.5. The monoisotopic (exact) mass is 359 g/mol. The first-order valence-corrected chi connectivity index (χ1v) is 8.08. The Labute approximate surface area is 148 Å². The number of benzene rings is 1. The molecule has 0 saturated carbocycles. The van der Waals surface area contributed by atoms with E-state index in [1.54, 1.807) is 13.0 Å². The molecule has 1 saturated heterocycles. The van der Waals surface area contributed by atoms with Gasteiger partial charge in [0, 0.05) is 24.7 Å². The van der Waals surface area contributed by atoms with E-state index in [0.29, 0.717) is 24.3 Å². The molecule has 1 aliphatic rings. The zero-order valence-electron chi connectivity index (χ0n) is 14.0. The molecule has 3 rings (SSSR count). The Kier molecular flexibility index (Phi) is 4.65. The molecule has 1 N–H and O–H groups in total. The van der Waals surface area contributed by atoms with Crippen LogP contribution in [0.4, 0.5) is 5.69 Å². The standard InChI is InChI=1S/C16H17N5O5/c1-10-15(16(24)19-7-3-6-11(19)9-14(22)23)17-18-20(10)12-4-2-5-13(8-12)21(25)26/h2,4-5,8,11H,3,6-7,9H2,1H3,(H,22,23). The Morgan fingerprint density at radius 2 is 2.19 bits per heavy atom. The van der Waals surface area contributed by atoms with E-state index in [4.69, 9.17) is 5.11 Å². The Morgan fingerprint density at radius 3 is 2.88 bits per heavy atom. The summed E-state index contributed by atoms with van der Waals surface area (Å²) in [6.07, 6.45) is 1.27. The minimum atomic E-state index is -0.952. The minimum absolute atomic E-state index is 0.0914. The van der Waals surface area contributed by atoms with Crippen LogP contribution in [0.2, 0.25) is 0 Å². The van der Waals surface area contributed by atoms with Gasteiger partial charge in [0.05, 0.1) is 22.7 Å². The summed E-state index contributed by atoms with van der Waals surface area (Å²) in [5.41, 5.74) is 0.892. The molecule has 1 unspecified atom stereocenters. The summed E-state index contributed by atoms with van der Waals surface area (Å²) in [7, 11) is 0. The van der Waals surface area contributed by atoms with Gasteiger partial charge in [-0.3, -0.25) is 19.7 Å². The third-order valence-electron chi connectivity index (χ3n) is 4.43. The van der Waals surface area contributed by atoms with Gasteiger partial charge >= 0.3 is 5.97 Å². The molecule has 136 valence electrons. The SMILES string of the molecule is Cc1c(C(=O)N2CCCC2CC(=O)O)nnn1-c1cccc([N+](=O)[O-])c1. The number of carboxylic acids is 1. The Morgan fingerprint density at radius 1 is 1.42 bits per heavy atom. The van der Waals surface area contributed by atoms with Crippen molar-refractivity contribution in [2.45, 2.75) is 32.2 Å². The lowest BCUT2D eigenvalue weighted by atomic mass is 10.1. The van der Waals surface area contributed by atoms with Crippen molar-refractivity contribution < 1.29 is 19.6 Å². The quantitative estimate of drug-likeness (QED) is 0.633. The Bertz CT molecular complexity index is 878. The highest BCUT2D eigenvalue weighted by Gasteiger charge is 2.33. The van der Waals surface area contributed by atoms with Crippen LogP contribution < -0.4 is 0 Å². The fraction of sp³-hybridized carbons (Fsp3) is 0.375. The lowest BCUT2D eigenvalue weighted by Gasteiger charge is -2.22. The number of carbonyl (C=O) groups is 2. The summed E-state index contributed by atoms with van der Waals surface area (Å²) >= 11 is 0. The van der Waals surface area contributed by atoms with Crippen LogP contribution in [0.25, 0.3) is 5.69 Å². The van der Waals surface area contributed by atoms with Crippen LogP contribution in [0.5, 0.6) is 0 Å². The summed E-state index contributed by atoms with van der Waals surface area (Å²) in [5.74, 6) is -1.32. The number of non-ortho nitro benzene ring substituents is 1. The number of hydrogen-bond donors (Lipinski definition) is 1. The van der Waals surface area contributed by atoms with Gasteiger partial charge in [0.1, 0.15) is 0 Å². The predicted octanol–water partition coefficient (Wildman–Crippen LogP) is 1.56. The zero-order valence-corrected chi connectivity index (χ0v) is 14.0. The average Bonchev–Trinajstić information content (AvgIpc) is 3.20. The van der Waals surface area contributed by atoms with Gasteiger partial charge in [-0.05, 0) is 25.8 Å². The van der Waals surface area contributed by atoms with Gasteiger partial charge < -0.3 is 10.0 Å². The van der Waals surface area contributed by atoms with Crippen LogP contribution in [-0.4, -0.2) is 54.4 Å². The zero-order chi connectivity index (χ0) is 18.8. The Hall–Kier alpha value is -3.30. The number of likely N-dealkylation sites (tertiary alicyclic amines) is 1. The van der Waals surface area contributed by atoms with Crippen LogP contribution in [0.1, 0.15) is 35.4 Å². The summed E-state index contributed by atoms with van der Waals surface area (Å²) in [5, 5.41) is 27.8. The second-order valence-corrected chi connectivity index (χ2v) is 6.10. The number of carbonyl (C=O) groups excluding carboxylic acids is 1. The van der Waals surface area contributed by atoms with Gasteiger partial charge in [0.25, 0.3) is 11.6 Å². The first-order valence-electron chi connectivity index (χ1n) is 8.08. The van der Waals surface area contributed by atoms with Crippen LogP contribution in [-0.2, 0) is 4.79 Å². The van der Waals surface area contributed by atoms with Gasteiger partial charge in [-0.1, -0.05) is 11.3 Å². The lowest BCUT2D eigenvalue weighted by molar-refractivity contribution is -0.384. The second-order valence-electron chi connectivity index (χ2n) is 6.10. The van der Waals surface area contributed by atoms with E-state index in [1.807, 2.05) is 0 Å². The van der Waals surface area contributed by atoms with Crippen molar-refractivity contribution in [3.05, 3.63) is 45.8 Å². The van der Waals surface area contributed by atoms with Crippen molar-refractivity contribution in [1.29, 1.82) is 0 Å². The molecule has 0 spiro atoms. The molecule has 2 heterocycles. The molecule has 0 radical (unpaired) electrons. The molecule has 1 atom stereocenters. The summed E-state index contributed by atoms with van der Waals surface area (Å²) in [6.45, 7) is 2.12. The van der Waals surface area contributed by atoms with Crippen molar-refractivity contribution in [3.63, 3.8) is 0 Å². The van der Waals surface area contributed by atoms with Crippen molar-refractivity contribution >= 4 is 17.6 Å². The van der Waals surface area contributed by atoms with E-state index in [0.717, 1.165) is 6.42 Å². The Balaban J connectivity index is 1.89. The molecule has 1 fully saturated rings. The highest BCUT2D eigenvalue weighted by Crippen LogP contribution is 2.24. The van der Waals surface area contributed by atoms with E-state index < -0.39 is 10.9 Å². The topological polar surface area (TPSA) is 131 Å². The van der Waals surface area contributed by atoms with Gasteiger partial charge in [-0.25, -0.2) is 4.68 Å². The maximum Gasteiger partial charge on any atom is 0.305 e. The van der Waals surface area contributed by atoms with E-state index in [9.17, 15) is 19.7 Å². The number of carboxylic acid groups (broad SMARTS) is 1. The molecular weight excluding hydrogens is 342 g/mol. The van der Waals surface area contributed by atoms with Crippen LogP contribution in [0, 0.1) is 17.0 Å². The number of aliphatic carboxylic acids is 1. The lowest BCUT2D eigenvalue weighted by Crippen LogP contribution is -2.37. The largest absolute Gasteiger partial charge is 0.481 e. The third-order valence-corrected chi connectivity index (χ3v) is 4.43. The molecule has 2 aromatic rings. The second kappa shape index (κ2) is 6.90. The number of nitro benzene ring substituents is 1. The van der Waals surface area contributed by atoms with E-state index in [2.05, 4.69) is 10.3 Å². The average molecular weight is 359 g/mol. The van der Waals surface area contributed by atoms with Crippen molar-refractivity contribution in [3.8, 4) is 5.69 Å². The van der Waals surface area contributed by atoms with E-state index in [-0.39, 0.29) is 29.8 Å². The molecule has 26 heavy (non-hydrogen) atoms. The molecule has 1 aromatic heterocycles. The number of aromatic nitrogens is 3. The van der Waals surface area contributed by atoms with Gasteiger partial charge in [0.2, 0.25) is 0 Å². The molecule has 1 aromatic carbocycles. The van der Waals surface area contributed by atoms with Crippen molar-refractivity contribution in [2.75, 3.05) is 6.54 Å². The van der Waals surface area contributed by atoms with Crippen molar-refractivity contribution in [2.24, 2.45) is 0 Å². The molecule has 0 bridgehead atoms. The number of nitro groups is 1. The molecule has 10 nitrogen and oxygen atoms in total. The highest BCUT2D eigenvalue weighted by molar-refractivity contribution is 5.94. The van der Waals surface area contributed by atoms with E-state index in [1.165, 1.54) is 27.8 Å². The summed E-state index contributed by atoms with van der Waals surface area (Å²) in [6, 6.07) is 5.51. The number of nitrogens with zero attached hydrogens (tertiary/aromatic N) is 5. The van der Waals surface area contributed by atoms with Gasteiger partial charge in [0.15, 0.2) is 5.69 Å². The van der Waals surface area contributed by atoms with Crippen molar-refractivity contribution in [1.82, 2.24) is 19.9 Å². The van der Waals surface area contributed by atoms with Gasteiger partial charge in [-0.15, -0.1) is 5.10 Å². The smallest absolute Gasteiger partial charge is 0.305 e.